The molecule has 1 rings (SSSR count). The van der Waals surface area contributed by atoms with Gasteiger partial charge in [0.05, 0.1) is 25.0 Å². The van der Waals surface area contributed by atoms with Crippen molar-refractivity contribution in [1.29, 1.82) is 0 Å². The highest BCUT2D eigenvalue weighted by Gasteiger charge is 2.32. The van der Waals surface area contributed by atoms with Crippen molar-refractivity contribution in [3.05, 3.63) is 0 Å². The molecule has 2 atom stereocenters. The predicted octanol–water partition coefficient (Wildman–Crippen LogP) is 5.04. The number of carbonyl (C=O) groups excluding carboxylic acids is 2. The first kappa shape index (κ1) is 21.0. The average molecular weight is 341 g/mol. The van der Waals surface area contributed by atoms with Gasteiger partial charge in [0.25, 0.3) is 0 Å². The van der Waals surface area contributed by atoms with Gasteiger partial charge in [-0.25, -0.2) is 0 Å². The van der Waals surface area contributed by atoms with Crippen molar-refractivity contribution in [1.82, 2.24) is 0 Å². The Morgan fingerprint density at radius 2 is 1.21 bits per heavy atom. The van der Waals surface area contributed by atoms with Crippen LogP contribution in [0.15, 0.2) is 0 Å². The maximum absolute atomic E-state index is 12.2. The molecule has 0 aromatic carbocycles. The highest BCUT2D eigenvalue weighted by molar-refractivity contribution is 5.76. The molecule has 0 spiro atoms. The van der Waals surface area contributed by atoms with Crippen molar-refractivity contribution in [2.24, 2.45) is 11.8 Å². The van der Waals surface area contributed by atoms with Gasteiger partial charge in [-0.05, 0) is 32.1 Å². The molecule has 1 saturated carbocycles. The van der Waals surface area contributed by atoms with E-state index in [-0.39, 0.29) is 23.8 Å². The largest absolute Gasteiger partial charge is 0.465 e. The lowest BCUT2D eigenvalue weighted by Crippen LogP contribution is -2.30. The van der Waals surface area contributed by atoms with Crippen LogP contribution in [-0.4, -0.2) is 25.2 Å². The monoisotopic (exact) mass is 340 g/mol. The molecule has 0 aromatic rings. The zero-order valence-corrected chi connectivity index (χ0v) is 15.7. The van der Waals surface area contributed by atoms with Crippen LogP contribution in [0.2, 0.25) is 0 Å². The molecule has 0 radical (unpaired) electrons. The van der Waals surface area contributed by atoms with Gasteiger partial charge in [-0.1, -0.05) is 58.8 Å². The lowest BCUT2D eigenvalue weighted by Gasteiger charge is -2.26. The summed E-state index contributed by atoms with van der Waals surface area (Å²) in [5, 5.41) is 0. The van der Waals surface area contributed by atoms with Gasteiger partial charge >= 0.3 is 11.9 Å². The van der Waals surface area contributed by atoms with Crippen LogP contribution >= 0.6 is 0 Å². The first-order valence-corrected chi connectivity index (χ1v) is 10.0. The van der Waals surface area contributed by atoms with Crippen molar-refractivity contribution in [2.45, 2.75) is 90.9 Å². The second-order valence-corrected chi connectivity index (χ2v) is 7.02. The molecule has 0 N–H and O–H groups in total. The summed E-state index contributed by atoms with van der Waals surface area (Å²) in [6.45, 7) is 5.35. The minimum absolute atomic E-state index is 0.117. The van der Waals surface area contributed by atoms with E-state index in [1.54, 1.807) is 0 Å². The van der Waals surface area contributed by atoms with Crippen LogP contribution in [0.1, 0.15) is 90.9 Å². The molecule has 0 amide bonds. The summed E-state index contributed by atoms with van der Waals surface area (Å²) < 4.78 is 10.8. The molecule has 2 unspecified atom stereocenters. The second kappa shape index (κ2) is 13.3. The maximum atomic E-state index is 12.2. The van der Waals surface area contributed by atoms with Crippen molar-refractivity contribution >= 4 is 11.9 Å². The molecule has 1 aliphatic carbocycles. The topological polar surface area (TPSA) is 52.6 Å². The Kier molecular flexibility index (Phi) is 11.6. The second-order valence-electron chi connectivity index (χ2n) is 7.02. The van der Waals surface area contributed by atoms with E-state index in [0.29, 0.717) is 19.6 Å². The summed E-state index contributed by atoms with van der Waals surface area (Å²) >= 11 is 0. The van der Waals surface area contributed by atoms with Crippen molar-refractivity contribution < 1.29 is 19.1 Å². The Bertz CT molecular complexity index is 354. The minimum Gasteiger partial charge on any atom is -0.465 e. The molecule has 0 aromatic heterocycles. The van der Waals surface area contributed by atoms with Crippen LogP contribution in [0.25, 0.3) is 0 Å². The fourth-order valence-electron chi connectivity index (χ4n) is 3.26. The van der Waals surface area contributed by atoms with Crippen LogP contribution in [0.5, 0.6) is 0 Å². The smallest absolute Gasteiger partial charge is 0.308 e. The van der Waals surface area contributed by atoms with Crippen molar-refractivity contribution in [3.8, 4) is 0 Å². The molecule has 1 aliphatic rings. The van der Waals surface area contributed by atoms with E-state index in [1.807, 2.05) is 0 Å². The van der Waals surface area contributed by atoms with Gasteiger partial charge in [-0.15, -0.1) is 0 Å². The van der Waals surface area contributed by atoms with E-state index < -0.39 is 0 Å². The van der Waals surface area contributed by atoms with Crippen LogP contribution < -0.4 is 0 Å². The van der Waals surface area contributed by atoms with E-state index in [1.165, 1.54) is 19.3 Å². The normalized spacial score (nSPS) is 20.6. The van der Waals surface area contributed by atoms with Crippen LogP contribution in [-0.2, 0) is 19.1 Å². The van der Waals surface area contributed by atoms with Gasteiger partial charge in [0, 0.05) is 0 Å². The fraction of sp³-hybridized carbons (Fsp3) is 0.900. The molecule has 24 heavy (non-hydrogen) atoms. The third-order valence-corrected chi connectivity index (χ3v) is 4.83. The Hall–Kier alpha value is -1.06. The lowest BCUT2D eigenvalue weighted by molar-refractivity contribution is -0.155. The van der Waals surface area contributed by atoms with Crippen LogP contribution in [0.4, 0.5) is 0 Å². The van der Waals surface area contributed by atoms with E-state index in [9.17, 15) is 9.59 Å². The third kappa shape index (κ3) is 8.70. The Balaban J connectivity index is 2.21. The fourth-order valence-corrected chi connectivity index (χ4v) is 3.26. The average Bonchev–Trinajstić information content (AvgIpc) is 2.61. The predicted molar refractivity (Wildman–Crippen MR) is 95.7 cm³/mol. The number of rotatable bonds is 12. The number of hydrogen-bond donors (Lipinski definition) is 0. The molecule has 0 bridgehead atoms. The summed E-state index contributed by atoms with van der Waals surface area (Å²) in [4.78, 5) is 24.3. The summed E-state index contributed by atoms with van der Waals surface area (Å²) in [7, 11) is 0. The first-order valence-electron chi connectivity index (χ1n) is 10.0. The molecule has 0 aliphatic heterocycles. The highest BCUT2D eigenvalue weighted by atomic mass is 16.5. The summed E-state index contributed by atoms with van der Waals surface area (Å²) in [5.41, 5.74) is 0. The van der Waals surface area contributed by atoms with Gasteiger partial charge in [0.2, 0.25) is 0 Å². The summed E-state index contributed by atoms with van der Waals surface area (Å²) in [5.74, 6) is -0.484. The van der Waals surface area contributed by atoms with Crippen LogP contribution in [0, 0.1) is 11.8 Å². The van der Waals surface area contributed by atoms with Gasteiger partial charge in [-0.2, -0.15) is 0 Å². The standard InChI is InChI=1S/C20H36O4/c1-3-5-7-8-10-15-24-20(22)18-13-11-12-17(16-18)19(21)23-14-9-6-4-2/h17-18H,3-16H2,1-2H3. The molecule has 4 heteroatoms. The Morgan fingerprint density at radius 1 is 0.750 bits per heavy atom. The van der Waals surface area contributed by atoms with Gasteiger partial charge < -0.3 is 9.47 Å². The van der Waals surface area contributed by atoms with Crippen molar-refractivity contribution in [2.75, 3.05) is 13.2 Å². The zero-order valence-electron chi connectivity index (χ0n) is 15.7. The highest BCUT2D eigenvalue weighted by Crippen LogP contribution is 2.31. The third-order valence-electron chi connectivity index (χ3n) is 4.83. The molecule has 4 nitrogen and oxygen atoms in total. The number of carbonyl (C=O) groups is 2. The summed E-state index contributed by atoms with van der Waals surface area (Å²) in [6, 6.07) is 0. The van der Waals surface area contributed by atoms with Crippen LogP contribution in [0.3, 0.4) is 0 Å². The Morgan fingerprint density at radius 3 is 1.75 bits per heavy atom. The maximum Gasteiger partial charge on any atom is 0.308 e. The minimum atomic E-state index is -0.123. The van der Waals surface area contributed by atoms with E-state index in [4.69, 9.17) is 9.47 Å². The van der Waals surface area contributed by atoms with E-state index in [0.717, 1.165) is 51.4 Å². The molecular weight excluding hydrogens is 304 g/mol. The Labute approximate surface area is 147 Å². The molecule has 1 fully saturated rings. The lowest BCUT2D eigenvalue weighted by atomic mass is 9.81. The molecule has 140 valence electrons. The van der Waals surface area contributed by atoms with Gasteiger partial charge in [0.1, 0.15) is 0 Å². The van der Waals surface area contributed by atoms with Gasteiger partial charge in [0.15, 0.2) is 0 Å². The number of ether oxygens (including phenoxy) is 2. The van der Waals surface area contributed by atoms with E-state index >= 15 is 0 Å². The zero-order chi connectivity index (χ0) is 17.6. The molecule has 0 heterocycles. The summed E-state index contributed by atoms with van der Waals surface area (Å²) in [6.07, 6.45) is 12.1. The SMILES string of the molecule is CCCCCCCOC(=O)C1CCCC(C(=O)OCCCCC)C1. The molecular formula is C20H36O4. The number of unbranched alkanes of at least 4 members (excludes halogenated alkanes) is 6. The van der Waals surface area contributed by atoms with Crippen molar-refractivity contribution in [3.63, 3.8) is 0 Å². The van der Waals surface area contributed by atoms with Gasteiger partial charge in [-0.3, -0.25) is 9.59 Å². The number of esters is 2. The van der Waals surface area contributed by atoms with E-state index in [2.05, 4.69) is 13.8 Å². The molecule has 0 saturated heterocycles. The first-order chi connectivity index (χ1) is 11.7. The quantitative estimate of drug-likeness (QED) is 0.369. The number of hydrogen-bond acceptors (Lipinski definition) is 4.